The zero-order valence-corrected chi connectivity index (χ0v) is 28.9. The highest BCUT2D eigenvalue weighted by Crippen LogP contribution is 2.53. The first-order valence-corrected chi connectivity index (χ1v) is 18.0. The van der Waals surface area contributed by atoms with Crippen LogP contribution in [0, 0.1) is 11.3 Å². The summed E-state index contributed by atoms with van der Waals surface area (Å²) in [5.41, 5.74) is -1.20. The lowest BCUT2D eigenvalue weighted by Crippen LogP contribution is -2.73. The molecule has 2 rings (SSSR count). The van der Waals surface area contributed by atoms with E-state index in [1.807, 2.05) is 0 Å². The molecule has 0 aromatic carbocycles. The third kappa shape index (κ3) is 10.2. The van der Waals surface area contributed by atoms with E-state index in [0.717, 1.165) is 32.1 Å². The molecule has 3 atom stereocenters. The molecule has 2 heterocycles. The van der Waals surface area contributed by atoms with Gasteiger partial charge >= 0.3 is 5.97 Å². The molecule has 0 saturated carbocycles. The number of rotatable bonds is 21. The zero-order chi connectivity index (χ0) is 31.1. The molecule has 2 fully saturated rings. The minimum absolute atomic E-state index is 0.0119. The quantitative estimate of drug-likeness (QED) is 0.105. The molecule has 0 amide bonds. The molecule has 1 N–H and O–H groups in total. The van der Waals surface area contributed by atoms with Gasteiger partial charge in [-0.3, -0.25) is 4.79 Å². The van der Waals surface area contributed by atoms with Gasteiger partial charge in [0, 0.05) is 24.3 Å². The van der Waals surface area contributed by atoms with Crippen molar-refractivity contribution in [3.8, 4) is 0 Å². The van der Waals surface area contributed by atoms with Crippen LogP contribution in [0.4, 0.5) is 0 Å². The van der Waals surface area contributed by atoms with Gasteiger partial charge in [-0.1, -0.05) is 125 Å². The van der Waals surface area contributed by atoms with Crippen molar-refractivity contribution in [2.75, 3.05) is 19.8 Å². The number of hydrogen-bond donors (Lipinski definition) is 1. The summed E-state index contributed by atoms with van der Waals surface area (Å²) in [5, 5.41) is 12.8. The van der Waals surface area contributed by atoms with E-state index in [1.54, 1.807) is 5.06 Å². The Hall–Kier alpha value is -0.690. The first-order chi connectivity index (χ1) is 20.1. The lowest BCUT2D eigenvalue weighted by Gasteiger charge is -2.63. The van der Waals surface area contributed by atoms with Crippen LogP contribution in [0.5, 0.6) is 0 Å². The number of carbonyl (C=O) groups is 1. The minimum Gasteiger partial charge on any atom is -0.465 e. The predicted octanol–water partition coefficient (Wildman–Crippen LogP) is 10.00. The summed E-state index contributed by atoms with van der Waals surface area (Å²) in [6.45, 7) is 16.3. The highest BCUT2D eigenvalue weighted by molar-refractivity contribution is 5.69. The Balaban J connectivity index is 1.63. The third-order valence-corrected chi connectivity index (χ3v) is 11.2. The Morgan fingerprint density at radius 2 is 1.24 bits per heavy atom. The number of hydroxylamine groups is 2. The average molecular weight is 596 g/mol. The topological polar surface area (TPSA) is 68.2 Å². The van der Waals surface area contributed by atoms with Crippen molar-refractivity contribution in [3.63, 3.8) is 0 Å². The third-order valence-electron chi connectivity index (χ3n) is 11.2. The van der Waals surface area contributed by atoms with Gasteiger partial charge in [-0.15, -0.1) is 0 Å². The van der Waals surface area contributed by atoms with Gasteiger partial charge in [0.05, 0.1) is 24.2 Å². The molecule has 42 heavy (non-hydrogen) atoms. The Morgan fingerprint density at radius 3 is 1.67 bits per heavy atom. The number of hydrogen-bond acceptors (Lipinski definition) is 6. The highest BCUT2D eigenvalue weighted by atomic mass is 16.7. The number of unbranched alkanes of at least 4 members (excludes halogenated alkanes) is 14. The van der Waals surface area contributed by atoms with E-state index in [0.29, 0.717) is 32.7 Å². The number of ether oxygens (including phenoxy) is 3. The molecular formula is C36H69NO5. The van der Waals surface area contributed by atoms with Gasteiger partial charge in [0.25, 0.3) is 0 Å². The van der Waals surface area contributed by atoms with Gasteiger partial charge in [-0.05, 0) is 39.5 Å². The molecule has 0 aromatic heterocycles. The van der Waals surface area contributed by atoms with Crippen molar-refractivity contribution < 1.29 is 24.2 Å². The smallest absolute Gasteiger partial charge is 0.305 e. The van der Waals surface area contributed by atoms with Crippen LogP contribution in [0.1, 0.15) is 177 Å². The summed E-state index contributed by atoms with van der Waals surface area (Å²) in [4.78, 5) is 12.6. The van der Waals surface area contributed by atoms with E-state index >= 15 is 0 Å². The SMILES string of the molecule is CCCCCCCCCCCCCCCCCC(=O)OCC1(CC)COC2(CC(C)(CC)N(O)C(C)(CC)C2C)OC1. The summed E-state index contributed by atoms with van der Waals surface area (Å²) in [6.07, 6.45) is 23.3. The van der Waals surface area contributed by atoms with Crippen molar-refractivity contribution in [1.29, 1.82) is 0 Å². The largest absolute Gasteiger partial charge is 0.465 e. The first kappa shape index (κ1) is 37.5. The number of piperidine rings is 1. The molecule has 6 heteroatoms. The molecule has 2 aliphatic rings. The molecule has 2 aliphatic heterocycles. The van der Waals surface area contributed by atoms with Gasteiger partial charge in [0.1, 0.15) is 6.61 Å². The molecular weight excluding hydrogens is 526 g/mol. The number of carbonyl (C=O) groups excluding carboxylic acids is 1. The average Bonchev–Trinajstić information content (AvgIpc) is 3.01. The Bertz CT molecular complexity index is 751. The Kier molecular flexibility index (Phi) is 16.4. The fourth-order valence-corrected chi connectivity index (χ4v) is 7.09. The summed E-state index contributed by atoms with van der Waals surface area (Å²) >= 11 is 0. The van der Waals surface area contributed by atoms with Gasteiger partial charge in [0.2, 0.25) is 0 Å². The highest BCUT2D eigenvalue weighted by Gasteiger charge is 2.63. The molecule has 0 radical (unpaired) electrons. The maximum absolute atomic E-state index is 12.6. The van der Waals surface area contributed by atoms with Gasteiger partial charge in [-0.2, -0.15) is 5.06 Å². The second-order valence-corrected chi connectivity index (χ2v) is 14.4. The summed E-state index contributed by atoms with van der Waals surface area (Å²) in [7, 11) is 0. The van der Waals surface area contributed by atoms with Crippen LogP contribution in [0.2, 0.25) is 0 Å². The van der Waals surface area contributed by atoms with Crippen LogP contribution in [0.3, 0.4) is 0 Å². The molecule has 6 nitrogen and oxygen atoms in total. The monoisotopic (exact) mass is 596 g/mol. The van der Waals surface area contributed by atoms with Crippen LogP contribution >= 0.6 is 0 Å². The van der Waals surface area contributed by atoms with E-state index in [2.05, 4.69) is 48.5 Å². The van der Waals surface area contributed by atoms with Crippen molar-refractivity contribution in [3.05, 3.63) is 0 Å². The molecule has 3 unspecified atom stereocenters. The van der Waals surface area contributed by atoms with E-state index in [1.165, 1.54) is 83.5 Å². The van der Waals surface area contributed by atoms with Crippen LogP contribution < -0.4 is 0 Å². The molecule has 1 spiro atoms. The second-order valence-electron chi connectivity index (χ2n) is 14.4. The minimum atomic E-state index is -0.745. The fraction of sp³-hybridized carbons (Fsp3) is 0.972. The van der Waals surface area contributed by atoms with Gasteiger partial charge in [0.15, 0.2) is 5.79 Å². The maximum Gasteiger partial charge on any atom is 0.305 e. The van der Waals surface area contributed by atoms with E-state index in [4.69, 9.17) is 14.2 Å². The van der Waals surface area contributed by atoms with E-state index in [-0.39, 0.29) is 17.3 Å². The van der Waals surface area contributed by atoms with Gasteiger partial charge < -0.3 is 19.4 Å². The van der Waals surface area contributed by atoms with E-state index in [9.17, 15) is 10.0 Å². The molecule has 0 aromatic rings. The first-order valence-electron chi connectivity index (χ1n) is 18.0. The Labute approximate surface area is 260 Å². The molecule has 248 valence electrons. The summed E-state index contributed by atoms with van der Waals surface area (Å²) in [5.74, 6) is -0.857. The molecule has 0 aliphatic carbocycles. The maximum atomic E-state index is 12.6. The fourth-order valence-electron chi connectivity index (χ4n) is 7.09. The lowest BCUT2D eigenvalue weighted by atomic mass is 9.67. The number of nitrogens with zero attached hydrogens (tertiary/aromatic N) is 1. The molecule has 0 bridgehead atoms. The standard InChI is InChI=1S/C36H69NO5/c1-8-12-13-14-15-16-17-18-19-20-21-22-23-24-25-26-32(38)40-28-35(11-4)29-41-36(42-30-35)27-33(6,9-2)37(39)34(7,10-3)31(36)5/h31,39H,8-30H2,1-7H3. The van der Waals surface area contributed by atoms with Crippen molar-refractivity contribution in [2.24, 2.45) is 11.3 Å². The van der Waals surface area contributed by atoms with Crippen molar-refractivity contribution in [2.45, 2.75) is 194 Å². The molecule has 2 saturated heterocycles. The van der Waals surface area contributed by atoms with Crippen molar-refractivity contribution >= 4 is 5.97 Å². The van der Waals surface area contributed by atoms with Crippen LogP contribution in [0.25, 0.3) is 0 Å². The Morgan fingerprint density at radius 1 is 0.762 bits per heavy atom. The van der Waals surface area contributed by atoms with Crippen LogP contribution in [-0.2, 0) is 19.0 Å². The zero-order valence-electron chi connectivity index (χ0n) is 28.9. The van der Waals surface area contributed by atoms with Crippen LogP contribution in [0.15, 0.2) is 0 Å². The summed E-state index contributed by atoms with van der Waals surface area (Å²) in [6, 6.07) is 0. The van der Waals surface area contributed by atoms with Crippen LogP contribution in [-0.4, -0.2) is 52.9 Å². The number of esters is 1. The van der Waals surface area contributed by atoms with Crippen molar-refractivity contribution in [1.82, 2.24) is 5.06 Å². The lowest BCUT2D eigenvalue weighted by molar-refractivity contribution is -0.403. The van der Waals surface area contributed by atoms with E-state index < -0.39 is 16.9 Å². The second kappa shape index (κ2) is 18.3. The predicted molar refractivity (Wildman–Crippen MR) is 173 cm³/mol. The normalized spacial score (nSPS) is 32.0. The summed E-state index contributed by atoms with van der Waals surface area (Å²) < 4.78 is 19.1. The van der Waals surface area contributed by atoms with Gasteiger partial charge in [-0.25, -0.2) is 0 Å².